The van der Waals surface area contributed by atoms with Gasteiger partial charge < -0.3 is 5.11 Å². The number of carboxylic acid groups (broad SMARTS) is 1. The summed E-state index contributed by atoms with van der Waals surface area (Å²) in [6.07, 6.45) is 1.96. The third-order valence-corrected chi connectivity index (χ3v) is 3.09. The van der Waals surface area contributed by atoms with Crippen molar-refractivity contribution in [1.82, 2.24) is 19.8 Å². The molecule has 1 fully saturated rings. The summed E-state index contributed by atoms with van der Waals surface area (Å²) in [5.74, 6) is -0.969. The molecule has 0 saturated heterocycles. The zero-order chi connectivity index (χ0) is 13.4. The first-order chi connectivity index (χ1) is 9.15. The Morgan fingerprint density at radius 3 is 2.53 bits per heavy atom. The van der Waals surface area contributed by atoms with Gasteiger partial charge in [-0.2, -0.15) is 9.36 Å². The average molecular weight is 260 g/mol. The van der Waals surface area contributed by atoms with Gasteiger partial charge in [-0.05, 0) is 41.0 Å². The van der Waals surface area contributed by atoms with Crippen LogP contribution < -0.4 is 5.69 Å². The summed E-state index contributed by atoms with van der Waals surface area (Å²) in [5.41, 5.74) is 0.817. The first-order valence-corrected chi connectivity index (χ1v) is 5.99. The second-order valence-electron chi connectivity index (χ2n) is 4.60. The number of nitrogens with zero attached hydrogens (tertiary/aromatic N) is 4. The van der Waals surface area contributed by atoms with Crippen molar-refractivity contribution in [3.8, 4) is 0 Å². The van der Waals surface area contributed by atoms with Crippen LogP contribution in [0.25, 0.3) is 0 Å². The van der Waals surface area contributed by atoms with Crippen LogP contribution in [0.4, 0.5) is 0 Å². The van der Waals surface area contributed by atoms with E-state index in [1.165, 1.54) is 21.5 Å². The van der Waals surface area contributed by atoms with E-state index < -0.39 is 5.97 Å². The molecular formula is C12H12N4O3. The second-order valence-corrected chi connectivity index (χ2v) is 4.60. The van der Waals surface area contributed by atoms with E-state index in [4.69, 9.17) is 5.11 Å². The van der Waals surface area contributed by atoms with Gasteiger partial charge in [0.15, 0.2) is 0 Å². The average Bonchev–Trinajstić information content (AvgIpc) is 3.17. The van der Waals surface area contributed by atoms with Gasteiger partial charge in [0.2, 0.25) is 0 Å². The van der Waals surface area contributed by atoms with Gasteiger partial charge >= 0.3 is 11.7 Å². The van der Waals surface area contributed by atoms with Crippen LogP contribution in [-0.2, 0) is 6.54 Å². The summed E-state index contributed by atoms with van der Waals surface area (Å²) in [6.45, 7) is 0.297. The Morgan fingerprint density at radius 1 is 1.26 bits per heavy atom. The highest BCUT2D eigenvalue weighted by molar-refractivity contribution is 5.87. The smallest absolute Gasteiger partial charge is 0.364 e. The van der Waals surface area contributed by atoms with E-state index >= 15 is 0 Å². The minimum Gasteiger partial charge on any atom is -0.478 e. The Labute approximate surface area is 108 Å². The second kappa shape index (κ2) is 4.34. The molecule has 1 N–H and O–H groups in total. The van der Waals surface area contributed by atoms with E-state index in [1.54, 1.807) is 12.1 Å². The van der Waals surface area contributed by atoms with Crippen LogP contribution in [0.2, 0.25) is 0 Å². The summed E-state index contributed by atoms with van der Waals surface area (Å²) in [4.78, 5) is 22.7. The lowest BCUT2D eigenvalue weighted by atomic mass is 10.1. The number of aromatic nitrogens is 4. The molecule has 7 nitrogen and oxygen atoms in total. The molecule has 19 heavy (non-hydrogen) atoms. The van der Waals surface area contributed by atoms with Crippen LogP contribution in [0.15, 0.2) is 29.1 Å². The van der Waals surface area contributed by atoms with Gasteiger partial charge in [-0.25, -0.2) is 9.59 Å². The standard InChI is InChI=1S/C12H12N4O3/c17-11(18)9-3-1-8(2-4-9)7-15-12(19)16(14-13-15)10-5-6-10/h1-4,10H,5-7H2,(H,17,18). The molecule has 1 aromatic heterocycles. The lowest BCUT2D eigenvalue weighted by Gasteiger charge is -2.00. The molecule has 1 saturated carbocycles. The van der Waals surface area contributed by atoms with Crippen molar-refractivity contribution >= 4 is 5.97 Å². The predicted octanol–water partition coefficient (Wildman–Crippen LogP) is 0.521. The third kappa shape index (κ3) is 2.26. The van der Waals surface area contributed by atoms with Gasteiger partial charge in [0.05, 0.1) is 18.2 Å². The fourth-order valence-corrected chi connectivity index (χ4v) is 1.86. The molecule has 1 aliphatic carbocycles. The van der Waals surface area contributed by atoms with Gasteiger partial charge in [-0.3, -0.25) is 0 Å². The van der Waals surface area contributed by atoms with Gasteiger partial charge in [0, 0.05) is 0 Å². The Balaban J connectivity index is 1.81. The van der Waals surface area contributed by atoms with E-state index in [0.717, 1.165) is 18.4 Å². The fraction of sp³-hybridized carbons (Fsp3) is 0.333. The molecule has 0 atom stereocenters. The van der Waals surface area contributed by atoms with Gasteiger partial charge in [-0.15, -0.1) is 0 Å². The summed E-state index contributed by atoms with van der Waals surface area (Å²) >= 11 is 0. The van der Waals surface area contributed by atoms with Crippen LogP contribution in [0.1, 0.15) is 34.8 Å². The Hall–Kier alpha value is -2.44. The third-order valence-electron chi connectivity index (χ3n) is 3.09. The topological polar surface area (TPSA) is 90.0 Å². The van der Waals surface area contributed by atoms with Crippen LogP contribution >= 0.6 is 0 Å². The number of benzene rings is 1. The van der Waals surface area contributed by atoms with E-state index in [0.29, 0.717) is 6.54 Å². The minimum absolute atomic E-state index is 0.204. The zero-order valence-corrected chi connectivity index (χ0v) is 10.1. The fourth-order valence-electron chi connectivity index (χ4n) is 1.86. The van der Waals surface area contributed by atoms with Gasteiger partial charge in [0.25, 0.3) is 0 Å². The first-order valence-electron chi connectivity index (χ1n) is 5.99. The number of rotatable bonds is 4. The Morgan fingerprint density at radius 2 is 1.95 bits per heavy atom. The van der Waals surface area contributed by atoms with E-state index in [-0.39, 0.29) is 17.3 Å². The number of hydrogen-bond acceptors (Lipinski definition) is 4. The molecule has 1 heterocycles. The lowest BCUT2D eigenvalue weighted by Crippen LogP contribution is -2.25. The van der Waals surface area contributed by atoms with Crippen LogP contribution in [0, 0.1) is 0 Å². The van der Waals surface area contributed by atoms with Crippen LogP contribution in [0.3, 0.4) is 0 Å². The molecule has 2 aromatic rings. The van der Waals surface area contributed by atoms with E-state index in [2.05, 4.69) is 10.4 Å². The number of hydrogen-bond donors (Lipinski definition) is 1. The molecule has 0 aliphatic heterocycles. The molecule has 0 amide bonds. The summed E-state index contributed by atoms with van der Waals surface area (Å²) < 4.78 is 2.69. The highest BCUT2D eigenvalue weighted by Crippen LogP contribution is 2.32. The van der Waals surface area contributed by atoms with Crippen molar-refractivity contribution in [3.05, 3.63) is 45.9 Å². The molecule has 1 aromatic carbocycles. The molecule has 0 unspecified atom stereocenters. The zero-order valence-electron chi connectivity index (χ0n) is 10.1. The van der Waals surface area contributed by atoms with Crippen LogP contribution in [0.5, 0.6) is 0 Å². The lowest BCUT2D eigenvalue weighted by molar-refractivity contribution is 0.0697. The molecule has 7 heteroatoms. The summed E-state index contributed by atoms with van der Waals surface area (Å²) in [7, 11) is 0. The molecule has 0 radical (unpaired) electrons. The van der Waals surface area contributed by atoms with Gasteiger partial charge in [0.1, 0.15) is 0 Å². The summed E-state index contributed by atoms with van der Waals surface area (Å²) in [5, 5.41) is 16.5. The van der Waals surface area contributed by atoms with E-state index in [9.17, 15) is 9.59 Å². The monoisotopic (exact) mass is 260 g/mol. The summed E-state index contributed by atoms with van der Waals surface area (Å²) in [6, 6.07) is 6.57. The first kappa shape index (κ1) is 11.6. The van der Waals surface area contributed by atoms with Crippen molar-refractivity contribution in [2.24, 2.45) is 0 Å². The number of tetrazole rings is 1. The quantitative estimate of drug-likeness (QED) is 0.865. The maximum Gasteiger partial charge on any atom is 0.364 e. The molecule has 3 rings (SSSR count). The highest BCUT2D eigenvalue weighted by atomic mass is 16.4. The molecule has 0 bridgehead atoms. The van der Waals surface area contributed by atoms with E-state index in [1.807, 2.05) is 0 Å². The maximum atomic E-state index is 11.9. The maximum absolute atomic E-state index is 11.9. The highest BCUT2D eigenvalue weighted by Gasteiger charge is 2.27. The number of carbonyl (C=O) groups is 1. The van der Waals surface area contributed by atoms with Crippen molar-refractivity contribution in [3.63, 3.8) is 0 Å². The van der Waals surface area contributed by atoms with Crippen molar-refractivity contribution < 1.29 is 9.90 Å². The molecule has 98 valence electrons. The van der Waals surface area contributed by atoms with Crippen molar-refractivity contribution in [1.29, 1.82) is 0 Å². The van der Waals surface area contributed by atoms with Crippen molar-refractivity contribution in [2.45, 2.75) is 25.4 Å². The number of aromatic carboxylic acids is 1. The molecule has 0 spiro atoms. The van der Waals surface area contributed by atoms with Gasteiger partial charge in [-0.1, -0.05) is 12.1 Å². The SMILES string of the molecule is O=C(O)c1ccc(Cn2nnn(C3CC3)c2=O)cc1. The van der Waals surface area contributed by atoms with Crippen molar-refractivity contribution in [2.75, 3.05) is 0 Å². The Bertz CT molecular complexity index is 667. The minimum atomic E-state index is -0.969. The largest absolute Gasteiger partial charge is 0.478 e. The predicted molar refractivity (Wildman–Crippen MR) is 65.1 cm³/mol. The number of carboxylic acids is 1. The normalized spacial score (nSPS) is 14.5. The van der Waals surface area contributed by atoms with Crippen LogP contribution in [-0.4, -0.2) is 30.9 Å². The Kier molecular flexibility index (Phi) is 2.66. The molecular weight excluding hydrogens is 248 g/mol. The molecule has 1 aliphatic rings.